The van der Waals surface area contributed by atoms with Gasteiger partial charge >= 0.3 is 0 Å². The van der Waals surface area contributed by atoms with E-state index in [0.29, 0.717) is 13.0 Å². The lowest BCUT2D eigenvalue weighted by molar-refractivity contribution is -0.149. The number of unbranched alkanes of at least 4 members (excludes halogenated alkanes) is 2. The quantitative estimate of drug-likeness (QED) is 0.570. The predicted molar refractivity (Wildman–Crippen MR) is 66.1 cm³/mol. The highest BCUT2D eigenvalue weighted by Gasteiger charge is 2.36. The van der Waals surface area contributed by atoms with Gasteiger partial charge in [0.25, 0.3) is 0 Å². The van der Waals surface area contributed by atoms with Crippen LogP contribution < -0.4 is 5.32 Å². The maximum atomic E-state index is 12.0. The minimum absolute atomic E-state index is 0.0113. The second-order valence-electron chi connectivity index (χ2n) is 4.35. The molecule has 0 radical (unpaired) electrons. The van der Waals surface area contributed by atoms with Crippen LogP contribution in [-0.2, 0) is 9.59 Å². The summed E-state index contributed by atoms with van der Waals surface area (Å²) in [6.45, 7) is 4.26. The molecule has 17 heavy (non-hydrogen) atoms. The Morgan fingerprint density at radius 3 is 2.71 bits per heavy atom. The lowest BCUT2D eigenvalue weighted by Gasteiger charge is -2.37. The van der Waals surface area contributed by atoms with Gasteiger partial charge in [-0.05, 0) is 26.2 Å². The topological polar surface area (TPSA) is 49.4 Å². The molecule has 1 saturated heterocycles. The molecule has 0 saturated carbocycles. The molecule has 0 aliphatic carbocycles. The highest BCUT2D eigenvalue weighted by molar-refractivity contribution is 5.96. The minimum atomic E-state index is -0.405. The van der Waals surface area contributed by atoms with E-state index in [-0.39, 0.29) is 17.9 Å². The molecule has 4 nitrogen and oxygen atoms in total. The normalized spacial score (nSPS) is 24.4. The Balaban J connectivity index is 2.60. The molecule has 2 atom stereocenters. The van der Waals surface area contributed by atoms with Crippen LogP contribution in [0.1, 0.15) is 39.5 Å². The van der Waals surface area contributed by atoms with E-state index < -0.39 is 6.04 Å². The molecule has 0 spiro atoms. The Morgan fingerprint density at radius 2 is 2.12 bits per heavy atom. The summed E-state index contributed by atoms with van der Waals surface area (Å²) < 4.78 is 0. The fourth-order valence-corrected chi connectivity index (χ4v) is 2.10. The Morgan fingerprint density at radius 1 is 1.41 bits per heavy atom. The molecule has 2 unspecified atom stereocenters. The van der Waals surface area contributed by atoms with Gasteiger partial charge in [0.1, 0.15) is 12.1 Å². The number of amides is 2. The van der Waals surface area contributed by atoms with Crippen LogP contribution in [0.5, 0.6) is 0 Å². The van der Waals surface area contributed by atoms with Crippen LogP contribution in [0.3, 0.4) is 0 Å². The monoisotopic (exact) mass is 236 g/mol. The van der Waals surface area contributed by atoms with E-state index in [9.17, 15) is 9.59 Å². The van der Waals surface area contributed by atoms with Crippen LogP contribution >= 0.6 is 0 Å². The lowest BCUT2D eigenvalue weighted by atomic mass is 10.1. The fraction of sp³-hybridized carbons (Fsp3) is 0.692. The van der Waals surface area contributed by atoms with Crippen LogP contribution in [0, 0.1) is 12.3 Å². The lowest BCUT2D eigenvalue weighted by Crippen LogP contribution is -2.62. The standard InChI is InChI=1S/C13H20N2O2/c1-4-6-7-8-9-15-11(5-2)12(16)14-10(3)13(15)17/h1,10-11H,5-9H2,2-3H3,(H,14,16). The van der Waals surface area contributed by atoms with Crippen molar-refractivity contribution in [2.45, 2.75) is 51.6 Å². The molecule has 1 aliphatic rings. The van der Waals surface area contributed by atoms with Crippen molar-refractivity contribution in [1.29, 1.82) is 0 Å². The first-order valence-electron chi connectivity index (χ1n) is 6.16. The average molecular weight is 236 g/mol. The Bertz CT molecular complexity index is 333. The first-order valence-corrected chi connectivity index (χ1v) is 6.16. The molecule has 0 aromatic carbocycles. The molecule has 1 fully saturated rings. The summed E-state index contributed by atoms with van der Waals surface area (Å²) in [5.41, 5.74) is 0. The maximum absolute atomic E-state index is 12.0. The van der Waals surface area contributed by atoms with E-state index in [2.05, 4.69) is 11.2 Å². The van der Waals surface area contributed by atoms with Crippen molar-refractivity contribution in [3.05, 3.63) is 0 Å². The van der Waals surface area contributed by atoms with E-state index in [1.165, 1.54) is 0 Å². The zero-order valence-electron chi connectivity index (χ0n) is 10.5. The van der Waals surface area contributed by atoms with Crippen LogP contribution in [0.4, 0.5) is 0 Å². The number of carbonyl (C=O) groups excluding carboxylic acids is 2. The second-order valence-corrected chi connectivity index (χ2v) is 4.35. The Labute approximate surface area is 103 Å². The molecule has 1 rings (SSSR count). The van der Waals surface area contributed by atoms with Gasteiger partial charge in [0.05, 0.1) is 0 Å². The van der Waals surface area contributed by atoms with Gasteiger partial charge in [0.2, 0.25) is 11.8 Å². The maximum Gasteiger partial charge on any atom is 0.245 e. The van der Waals surface area contributed by atoms with E-state index in [1.807, 2.05) is 6.92 Å². The summed E-state index contributed by atoms with van der Waals surface area (Å²) in [5.74, 6) is 2.54. The summed E-state index contributed by atoms with van der Waals surface area (Å²) in [6.07, 6.45) is 8.30. The number of nitrogens with one attached hydrogen (secondary N) is 1. The molecular formula is C13H20N2O2. The smallest absolute Gasteiger partial charge is 0.245 e. The van der Waals surface area contributed by atoms with Crippen molar-refractivity contribution < 1.29 is 9.59 Å². The van der Waals surface area contributed by atoms with Gasteiger partial charge < -0.3 is 10.2 Å². The molecular weight excluding hydrogens is 216 g/mol. The van der Waals surface area contributed by atoms with Crippen LogP contribution in [-0.4, -0.2) is 35.3 Å². The highest BCUT2D eigenvalue weighted by atomic mass is 16.2. The van der Waals surface area contributed by atoms with E-state index in [4.69, 9.17) is 6.42 Å². The number of piperazine rings is 1. The second kappa shape index (κ2) is 6.29. The molecule has 0 aromatic rings. The van der Waals surface area contributed by atoms with Gasteiger partial charge in [-0.2, -0.15) is 0 Å². The third-order valence-corrected chi connectivity index (χ3v) is 3.05. The van der Waals surface area contributed by atoms with Crippen LogP contribution in [0.25, 0.3) is 0 Å². The summed E-state index contributed by atoms with van der Waals surface area (Å²) in [7, 11) is 0. The van der Waals surface area contributed by atoms with Crippen molar-refractivity contribution in [3.63, 3.8) is 0 Å². The Kier molecular flexibility index (Phi) is 5.02. The number of rotatable bonds is 5. The number of carbonyl (C=O) groups is 2. The third kappa shape index (κ3) is 3.23. The molecule has 1 heterocycles. The van der Waals surface area contributed by atoms with E-state index in [0.717, 1.165) is 19.3 Å². The predicted octanol–water partition coefficient (Wildman–Crippen LogP) is 0.915. The van der Waals surface area contributed by atoms with Gasteiger partial charge in [-0.15, -0.1) is 12.3 Å². The van der Waals surface area contributed by atoms with Gasteiger partial charge in [-0.1, -0.05) is 6.92 Å². The number of nitrogens with zero attached hydrogens (tertiary/aromatic N) is 1. The summed E-state index contributed by atoms with van der Waals surface area (Å²) >= 11 is 0. The zero-order valence-corrected chi connectivity index (χ0v) is 10.5. The summed E-state index contributed by atoms with van der Waals surface area (Å²) in [5, 5.41) is 2.70. The minimum Gasteiger partial charge on any atom is -0.343 e. The molecule has 2 amide bonds. The third-order valence-electron chi connectivity index (χ3n) is 3.05. The molecule has 1 aliphatic heterocycles. The number of hydrogen-bond acceptors (Lipinski definition) is 2. The van der Waals surface area contributed by atoms with Crippen LogP contribution in [0.15, 0.2) is 0 Å². The molecule has 1 N–H and O–H groups in total. The van der Waals surface area contributed by atoms with Crippen molar-refractivity contribution in [3.8, 4) is 12.3 Å². The fourth-order valence-electron chi connectivity index (χ4n) is 2.10. The number of hydrogen-bond donors (Lipinski definition) is 1. The first kappa shape index (κ1) is 13.6. The number of terminal acetylenes is 1. The molecule has 94 valence electrons. The van der Waals surface area contributed by atoms with Gasteiger partial charge in [-0.25, -0.2) is 0 Å². The van der Waals surface area contributed by atoms with E-state index >= 15 is 0 Å². The van der Waals surface area contributed by atoms with Crippen molar-refractivity contribution in [1.82, 2.24) is 10.2 Å². The van der Waals surface area contributed by atoms with Crippen molar-refractivity contribution in [2.24, 2.45) is 0 Å². The van der Waals surface area contributed by atoms with Crippen molar-refractivity contribution in [2.75, 3.05) is 6.54 Å². The summed E-state index contributed by atoms with van der Waals surface area (Å²) in [4.78, 5) is 25.4. The van der Waals surface area contributed by atoms with Gasteiger partial charge in [0.15, 0.2) is 0 Å². The Hall–Kier alpha value is -1.50. The van der Waals surface area contributed by atoms with Crippen LogP contribution in [0.2, 0.25) is 0 Å². The summed E-state index contributed by atoms with van der Waals surface area (Å²) in [6, 6.07) is -0.720. The first-order chi connectivity index (χ1) is 8.11. The van der Waals surface area contributed by atoms with Crippen molar-refractivity contribution >= 4 is 11.8 Å². The molecule has 4 heteroatoms. The largest absolute Gasteiger partial charge is 0.343 e. The molecule has 0 aromatic heterocycles. The highest BCUT2D eigenvalue weighted by Crippen LogP contribution is 2.14. The SMILES string of the molecule is C#CCCCCN1C(=O)C(C)NC(=O)C1CC. The zero-order chi connectivity index (χ0) is 12.8. The van der Waals surface area contributed by atoms with Gasteiger partial charge in [0, 0.05) is 13.0 Å². The molecule has 0 bridgehead atoms. The van der Waals surface area contributed by atoms with Gasteiger partial charge in [-0.3, -0.25) is 9.59 Å². The average Bonchev–Trinajstić information content (AvgIpc) is 2.30. The van der Waals surface area contributed by atoms with E-state index in [1.54, 1.807) is 11.8 Å².